The molecule has 158 valence electrons. The van der Waals surface area contributed by atoms with Crippen LogP contribution in [0.4, 0.5) is 5.82 Å². The Morgan fingerprint density at radius 3 is 2.80 bits per heavy atom. The molecule has 30 heavy (non-hydrogen) atoms. The van der Waals surface area contributed by atoms with Crippen molar-refractivity contribution in [2.75, 3.05) is 31.6 Å². The van der Waals surface area contributed by atoms with Gasteiger partial charge in [0.2, 0.25) is 0 Å². The van der Waals surface area contributed by atoms with E-state index in [-0.39, 0.29) is 0 Å². The van der Waals surface area contributed by atoms with Gasteiger partial charge >= 0.3 is 0 Å². The zero-order valence-electron chi connectivity index (χ0n) is 17.9. The normalized spacial score (nSPS) is 14.5. The summed E-state index contributed by atoms with van der Waals surface area (Å²) in [5.74, 6) is 2.96. The number of para-hydroxylation sites is 2. The van der Waals surface area contributed by atoms with Gasteiger partial charge in [-0.3, -0.25) is 4.99 Å². The van der Waals surface area contributed by atoms with Gasteiger partial charge in [0.1, 0.15) is 11.6 Å². The lowest BCUT2D eigenvalue weighted by Gasteiger charge is -2.17. The average Bonchev–Trinajstić information content (AvgIpc) is 3.41. The first-order valence-electron chi connectivity index (χ1n) is 10.8. The summed E-state index contributed by atoms with van der Waals surface area (Å²) in [4.78, 5) is 15.9. The highest BCUT2D eigenvalue weighted by molar-refractivity contribution is 5.79. The van der Waals surface area contributed by atoms with Gasteiger partial charge in [0.05, 0.1) is 11.0 Å². The van der Waals surface area contributed by atoms with Crippen molar-refractivity contribution in [3.63, 3.8) is 0 Å². The number of fused-ring (bicyclic) bond motifs is 1. The molecule has 2 aromatic heterocycles. The number of nitrogens with one attached hydrogen (secondary N) is 2. The number of hydrogen-bond acceptors (Lipinski definition) is 4. The van der Waals surface area contributed by atoms with Gasteiger partial charge in [-0.05, 0) is 56.0 Å². The molecule has 0 saturated carbocycles. The number of guanidine groups is 1. The first-order valence-corrected chi connectivity index (χ1v) is 10.8. The second kappa shape index (κ2) is 9.61. The number of rotatable bonds is 7. The molecular formula is C23H31N7. The van der Waals surface area contributed by atoms with Crippen molar-refractivity contribution in [1.82, 2.24) is 25.2 Å². The third kappa shape index (κ3) is 4.72. The topological polar surface area (TPSA) is 70.4 Å². The highest BCUT2D eigenvalue weighted by atomic mass is 15.2. The lowest BCUT2D eigenvalue weighted by atomic mass is 10.2. The Hall–Kier alpha value is -3.09. The van der Waals surface area contributed by atoms with E-state index in [1.165, 1.54) is 23.9 Å². The summed E-state index contributed by atoms with van der Waals surface area (Å²) in [6.07, 6.45) is 5.42. The number of imidazole rings is 1. The zero-order valence-corrected chi connectivity index (χ0v) is 17.9. The molecule has 3 heterocycles. The highest BCUT2D eigenvalue weighted by Gasteiger charge is 2.13. The minimum Gasteiger partial charge on any atom is -0.357 e. The summed E-state index contributed by atoms with van der Waals surface area (Å²) in [5, 5.41) is 6.83. The van der Waals surface area contributed by atoms with Gasteiger partial charge in [-0.1, -0.05) is 12.1 Å². The van der Waals surface area contributed by atoms with Gasteiger partial charge in [-0.25, -0.2) is 9.97 Å². The Morgan fingerprint density at radius 2 is 1.97 bits per heavy atom. The number of anilines is 1. The number of pyridine rings is 1. The Bertz CT molecular complexity index is 1000. The molecule has 1 aromatic carbocycles. The van der Waals surface area contributed by atoms with Crippen molar-refractivity contribution in [2.24, 2.45) is 4.99 Å². The van der Waals surface area contributed by atoms with Crippen LogP contribution in [0, 0.1) is 6.92 Å². The molecule has 0 bridgehead atoms. The van der Waals surface area contributed by atoms with Crippen molar-refractivity contribution in [2.45, 2.75) is 39.3 Å². The Labute approximate surface area is 178 Å². The maximum absolute atomic E-state index is 4.64. The molecule has 1 fully saturated rings. The molecule has 0 amide bonds. The van der Waals surface area contributed by atoms with Gasteiger partial charge in [0.25, 0.3) is 0 Å². The highest BCUT2D eigenvalue weighted by Crippen LogP contribution is 2.18. The van der Waals surface area contributed by atoms with Crippen LogP contribution in [0.15, 0.2) is 47.6 Å². The van der Waals surface area contributed by atoms with Crippen LogP contribution in [0.1, 0.15) is 30.7 Å². The number of nitrogens with zero attached hydrogens (tertiary/aromatic N) is 5. The van der Waals surface area contributed by atoms with Crippen LogP contribution in [0.5, 0.6) is 0 Å². The molecule has 1 aliphatic rings. The second-order valence-corrected chi connectivity index (χ2v) is 7.72. The fourth-order valence-corrected chi connectivity index (χ4v) is 4.02. The van der Waals surface area contributed by atoms with Crippen LogP contribution < -0.4 is 15.5 Å². The summed E-state index contributed by atoms with van der Waals surface area (Å²) in [7, 11) is 1.81. The van der Waals surface area contributed by atoms with Crippen LogP contribution in [-0.4, -0.2) is 47.2 Å². The van der Waals surface area contributed by atoms with Crippen LogP contribution in [0.25, 0.3) is 11.0 Å². The molecule has 0 unspecified atom stereocenters. The monoisotopic (exact) mass is 405 g/mol. The summed E-state index contributed by atoms with van der Waals surface area (Å²) in [6, 6.07) is 12.5. The number of aliphatic imine (C=N–C) groups is 1. The van der Waals surface area contributed by atoms with Gasteiger partial charge in [0, 0.05) is 46.0 Å². The van der Waals surface area contributed by atoms with Gasteiger partial charge in [0.15, 0.2) is 5.96 Å². The second-order valence-electron chi connectivity index (χ2n) is 7.72. The van der Waals surface area contributed by atoms with E-state index in [0.29, 0.717) is 0 Å². The maximum Gasteiger partial charge on any atom is 0.191 e. The Kier molecular flexibility index (Phi) is 6.47. The number of hydrogen-bond donors (Lipinski definition) is 2. The predicted octanol–water partition coefficient (Wildman–Crippen LogP) is 3.10. The molecule has 0 spiro atoms. The molecule has 7 heteroatoms. The van der Waals surface area contributed by atoms with Crippen molar-refractivity contribution >= 4 is 22.8 Å². The van der Waals surface area contributed by atoms with Crippen molar-refractivity contribution in [1.29, 1.82) is 0 Å². The lowest BCUT2D eigenvalue weighted by molar-refractivity contribution is 0.624. The molecular weight excluding hydrogens is 374 g/mol. The van der Waals surface area contributed by atoms with E-state index >= 15 is 0 Å². The van der Waals surface area contributed by atoms with E-state index in [4.69, 9.17) is 0 Å². The zero-order chi connectivity index (χ0) is 20.8. The van der Waals surface area contributed by atoms with Crippen molar-refractivity contribution in [3.8, 4) is 0 Å². The minimum absolute atomic E-state index is 0.730. The summed E-state index contributed by atoms with van der Waals surface area (Å²) in [6.45, 7) is 6.80. The molecule has 2 N–H and O–H groups in total. The van der Waals surface area contributed by atoms with E-state index in [2.05, 4.69) is 72.3 Å². The summed E-state index contributed by atoms with van der Waals surface area (Å²) < 4.78 is 2.28. The fraction of sp³-hybridized carbons (Fsp3) is 0.435. The van der Waals surface area contributed by atoms with E-state index in [1.807, 2.05) is 19.3 Å². The SMILES string of the molecule is CN=C(NCCCn1c(C)nc2ccccc21)NCc1ccnc(N2CCCC2)c1. The van der Waals surface area contributed by atoms with E-state index in [9.17, 15) is 0 Å². The van der Waals surface area contributed by atoms with Gasteiger partial charge < -0.3 is 20.1 Å². The third-order valence-corrected chi connectivity index (χ3v) is 5.62. The van der Waals surface area contributed by atoms with E-state index in [1.54, 1.807) is 0 Å². The summed E-state index contributed by atoms with van der Waals surface area (Å²) >= 11 is 0. The predicted molar refractivity (Wildman–Crippen MR) is 123 cm³/mol. The largest absolute Gasteiger partial charge is 0.357 e. The fourth-order valence-electron chi connectivity index (χ4n) is 4.02. The standard InChI is InChI=1S/C23H31N7/c1-18-28-20-8-3-4-9-21(20)30(18)15-7-11-26-23(24-2)27-17-19-10-12-25-22(16-19)29-13-5-6-14-29/h3-4,8-10,12,16H,5-7,11,13-15,17H2,1-2H3,(H2,24,26,27). The Balaban J connectivity index is 1.25. The molecule has 0 aliphatic carbocycles. The van der Waals surface area contributed by atoms with Crippen molar-refractivity contribution < 1.29 is 0 Å². The van der Waals surface area contributed by atoms with Crippen LogP contribution in [-0.2, 0) is 13.1 Å². The molecule has 1 aliphatic heterocycles. The smallest absolute Gasteiger partial charge is 0.191 e. The van der Waals surface area contributed by atoms with Crippen molar-refractivity contribution in [3.05, 3.63) is 54.0 Å². The minimum atomic E-state index is 0.730. The van der Waals surface area contributed by atoms with Crippen LogP contribution >= 0.6 is 0 Å². The average molecular weight is 406 g/mol. The molecule has 7 nitrogen and oxygen atoms in total. The van der Waals surface area contributed by atoms with Crippen LogP contribution in [0.2, 0.25) is 0 Å². The first kappa shape index (κ1) is 20.2. The molecule has 0 atom stereocenters. The van der Waals surface area contributed by atoms with Gasteiger partial charge in [-0.2, -0.15) is 0 Å². The Morgan fingerprint density at radius 1 is 1.13 bits per heavy atom. The quantitative estimate of drug-likeness (QED) is 0.359. The number of benzene rings is 1. The maximum atomic E-state index is 4.64. The summed E-state index contributed by atoms with van der Waals surface area (Å²) in [5.41, 5.74) is 3.48. The van der Waals surface area contributed by atoms with E-state index in [0.717, 1.165) is 62.3 Å². The molecule has 3 aromatic rings. The number of aromatic nitrogens is 3. The molecule has 4 rings (SSSR count). The number of aryl methyl sites for hydroxylation is 2. The third-order valence-electron chi connectivity index (χ3n) is 5.62. The van der Waals surface area contributed by atoms with E-state index < -0.39 is 0 Å². The van der Waals surface area contributed by atoms with Crippen LogP contribution in [0.3, 0.4) is 0 Å². The van der Waals surface area contributed by atoms with Gasteiger partial charge in [-0.15, -0.1) is 0 Å². The molecule has 0 radical (unpaired) electrons. The lowest BCUT2D eigenvalue weighted by Crippen LogP contribution is -2.37. The first-order chi connectivity index (χ1) is 14.7. The molecule has 1 saturated heterocycles.